The summed E-state index contributed by atoms with van der Waals surface area (Å²) in [5.74, 6) is -0.00710. The van der Waals surface area contributed by atoms with Crippen LogP contribution in [0.3, 0.4) is 0 Å². The predicted octanol–water partition coefficient (Wildman–Crippen LogP) is 0.569. The van der Waals surface area contributed by atoms with Gasteiger partial charge in [-0.15, -0.1) is 0 Å². The van der Waals surface area contributed by atoms with Gasteiger partial charge in [-0.25, -0.2) is 8.42 Å². The molecule has 1 amide bonds. The second kappa shape index (κ2) is 7.75. The van der Waals surface area contributed by atoms with Gasteiger partial charge in [0, 0.05) is 12.6 Å². The van der Waals surface area contributed by atoms with Crippen molar-refractivity contribution >= 4 is 15.7 Å². The Labute approximate surface area is 133 Å². The minimum absolute atomic E-state index is 0.0432. The Kier molecular flexibility index (Phi) is 6.23. The third-order valence-electron chi connectivity index (χ3n) is 4.49. The molecular formula is C15H28N2O4S. The zero-order valence-electron chi connectivity index (χ0n) is 13.6. The number of hydrogen-bond acceptors (Lipinski definition) is 5. The van der Waals surface area contributed by atoms with E-state index >= 15 is 0 Å². The first kappa shape index (κ1) is 17.7. The van der Waals surface area contributed by atoms with E-state index < -0.39 is 15.9 Å². The fourth-order valence-corrected chi connectivity index (χ4v) is 5.13. The maximum Gasteiger partial charge on any atom is 0.249 e. The summed E-state index contributed by atoms with van der Waals surface area (Å²) in [7, 11) is -3.07. The smallest absolute Gasteiger partial charge is 0.249 e. The van der Waals surface area contributed by atoms with E-state index in [0.717, 1.165) is 38.8 Å². The van der Waals surface area contributed by atoms with E-state index in [1.807, 2.05) is 0 Å². The van der Waals surface area contributed by atoms with Gasteiger partial charge >= 0.3 is 0 Å². The highest BCUT2D eigenvalue weighted by atomic mass is 32.2. The van der Waals surface area contributed by atoms with Gasteiger partial charge in [-0.2, -0.15) is 0 Å². The average Bonchev–Trinajstić information content (AvgIpc) is 3.06. The van der Waals surface area contributed by atoms with Gasteiger partial charge in [-0.1, -0.05) is 13.3 Å². The molecule has 0 aromatic heterocycles. The quantitative estimate of drug-likeness (QED) is 0.690. The van der Waals surface area contributed by atoms with Crippen molar-refractivity contribution in [3.63, 3.8) is 0 Å². The highest BCUT2D eigenvalue weighted by Crippen LogP contribution is 2.22. The molecule has 0 aromatic carbocycles. The minimum atomic E-state index is -3.07. The molecule has 3 atom stereocenters. The minimum Gasteiger partial charge on any atom is -0.369 e. The fourth-order valence-electron chi connectivity index (χ4n) is 3.18. The van der Waals surface area contributed by atoms with Crippen LogP contribution in [0.4, 0.5) is 0 Å². The summed E-state index contributed by atoms with van der Waals surface area (Å²) in [6, 6.07) is -0.396. The van der Waals surface area contributed by atoms with Crippen LogP contribution in [-0.4, -0.2) is 68.6 Å². The predicted molar refractivity (Wildman–Crippen MR) is 85.5 cm³/mol. The lowest BCUT2D eigenvalue weighted by molar-refractivity contribution is -0.132. The molecule has 2 rings (SSSR count). The number of sulfone groups is 1. The molecule has 0 radical (unpaired) electrons. The second-order valence-electron chi connectivity index (χ2n) is 6.37. The third kappa shape index (κ3) is 4.67. The Morgan fingerprint density at radius 1 is 1.32 bits per heavy atom. The van der Waals surface area contributed by atoms with Crippen molar-refractivity contribution in [2.75, 3.05) is 31.2 Å². The van der Waals surface area contributed by atoms with Crippen LogP contribution in [0.2, 0.25) is 0 Å². The zero-order valence-corrected chi connectivity index (χ0v) is 14.4. The molecule has 0 bridgehead atoms. The number of ether oxygens (including phenoxy) is 1. The monoisotopic (exact) mass is 332 g/mol. The molecule has 1 N–H and O–H groups in total. The Morgan fingerprint density at radius 2 is 2.00 bits per heavy atom. The standard InChI is InChI=1S/C15H28N2O4S/c1-3-4-9-21-12(2)15(18)16-13-10-22(19,20)11-14(13)17-7-5-6-8-17/h12-14H,3-11H2,1-2H3,(H,16,18). The van der Waals surface area contributed by atoms with Gasteiger partial charge in [0.2, 0.25) is 5.91 Å². The van der Waals surface area contributed by atoms with Crippen LogP contribution < -0.4 is 5.32 Å². The number of unbranched alkanes of at least 4 members (excludes halogenated alkanes) is 1. The number of rotatable bonds is 7. The summed E-state index contributed by atoms with van der Waals surface area (Å²) < 4.78 is 29.4. The van der Waals surface area contributed by atoms with E-state index in [4.69, 9.17) is 4.74 Å². The molecule has 2 aliphatic heterocycles. The highest BCUT2D eigenvalue weighted by molar-refractivity contribution is 7.91. The number of carbonyl (C=O) groups is 1. The molecule has 0 saturated carbocycles. The largest absolute Gasteiger partial charge is 0.369 e. The Bertz CT molecular complexity index is 474. The van der Waals surface area contributed by atoms with E-state index in [1.165, 1.54) is 0 Å². The molecule has 3 unspecified atom stereocenters. The van der Waals surface area contributed by atoms with Gasteiger partial charge in [0.15, 0.2) is 9.84 Å². The molecule has 2 heterocycles. The number of carbonyl (C=O) groups excluding carboxylic acids is 1. The second-order valence-corrected chi connectivity index (χ2v) is 8.52. The molecule has 6 nitrogen and oxygen atoms in total. The fraction of sp³-hybridized carbons (Fsp3) is 0.933. The summed E-state index contributed by atoms with van der Waals surface area (Å²) in [6.45, 7) is 6.20. The lowest BCUT2D eigenvalue weighted by Gasteiger charge is -2.29. The molecule has 0 aromatic rings. The van der Waals surface area contributed by atoms with Crippen LogP contribution in [0.15, 0.2) is 0 Å². The van der Waals surface area contributed by atoms with Crippen molar-refractivity contribution < 1.29 is 17.9 Å². The molecular weight excluding hydrogens is 304 g/mol. The molecule has 0 spiro atoms. The zero-order chi connectivity index (χ0) is 16.2. The molecule has 22 heavy (non-hydrogen) atoms. The van der Waals surface area contributed by atoms with Gasteiger partial charge in [-0.05, 0) is 39.3 Å². The SMILES string of the molecule is CCCCOC(C)C(=O)NC1CS(=O)(=O)CC1N1CCCC1. The number of nitrogens with zero attached hydrogens (tertiary/aromatic N) is 1. The molecule has 128 valence electrons. The van der Waals surface area contributed by atoms with Crippen molar-refractivity contribution in [1.82, 2.24) is 10.2 Å². The average molecular weight is 332 g/mol. The Balaban J connectivity index is 1.92. The lowest BCUT2D eigenvalue weighted by Crippen LogP contribution is -2.52. The third-order valence-corrected chi connectivity index (χ3v) is 6.21. The number of amides is 1. The Hall–Kier alpha value is -0.660. The molecule has 7 heteroatoms. The van der Waals surface area contributed by atoms with Gasteiger partial charge < -0.3 is 10.1 Å². The van der Waals surface area contributed by atoms with E-state index in [-0.39, 0.29) is 29.5 Å². The van der Waals surface area contributed by atoms with Crippen molar-refractivity contribution in [3.8, 4) is 0 Å². The number of nitrogens with one attached hydrogen (secondary N) is 1. The molecule has 0 aliphatic carbocycles. The van der Waals surface area contributed by atoms with Crippen LogP contribution in [0.1, 0.15) is 39.5 Å². The van der Waals surface area contributed by atoms with Gasteiger partial charge in [0.05, 0.1) is 17.5 Å². The molecule has 2 saturated heterocycles. The number of likely N-dealkylation sites (tertiary alicyclic amines) is 1. The van der Waals surface area contributed by atoms with Crippen LogP contribution in [0, 0.1) is 0 Å². The highest BCUT2D eigenvalue weighted by Gasteiger charge is 2.42. The summed E-state index contributed by atoms with van der Waals surface area (Å²) >= 11 is 0. The first-order valence-electron chi connectivity index (χ1n) is 8.29. The lowest BCUT2D eigenvalue weighted by atomic mass is 10.1. The summed E-state index contributed by atoms with van der Waals surface area (Å²) in [5, 5.41) is 2.90. The van der Waals surface area contributed by atoms with E-state index in [2.05, 4.69) is 17.1 Å². The maximum absolute atomic E-state index is 12.2. The van der Waals surface area contributed by atoms with Gasteiger partial charge in [0.25, 0.3) is 0 Å². The van der Waals surface area contributed by atoms with Crippen molar-refractivity contribution in [3.05, 3.63) is 0 Å². The van der Waals surface area contributed by atoms with E-state index in [9.17, 15) is 13.2 Å². The summed E-state index contributed by atoms with van der Waals surface area (Å²) in [5.41, 5.74) is 0. The van der Waals surface area contributed by atoms with Crippen LogP contribution >= 0.6 is 0 Å². The first-order valence-corrected chi connectivity index (χ1v) is 10.1. The molecule has 2 fully saturated rings. The summed E-state index contributed by atoms with van der Waals surface area (Å²) in [6.07, 6.45) is 3.62. The van der Waals surface area contributed by atoms with Crippen molar-refractivity contribution in [2.45, 2.75) is 57.7 Å². The number of hydrogen-bond donors (Lipinski definition) is 1. The first-order chi connectivity index (χ1) is 10.4. The maximum atomic E-state index is 12.2. The normalized spacial score (nSPS) is 29.5. The topological polar surface area (TPSA) is 75.7 Å². The van der Waals surface area contributed by atoms with Crippen molar-refractivity contribution in [1.29, 1.82) is 0 Å². The summed E-state index contributed by atoms with van der Waals surface area (Å²) in [4.78, 5) is 14.4. The van der Waals surface area contributed by atoms with Crippen LogP contribution in [-0.2, 0) is 19.4 Å². The van der Waals surface area contributed by atoms with E-state index in [1.54, 1.807) is 6.92 Å². The Morgan fingerprint density at radius 3 is 2.64 bits per heavy atom. The van der Waals surface area contributed by atoms with Crippen LogP contribution in [0.5, 0.6) is 0 Å². The van der Waals surface area contributed by atoms with Crippen molar-refractivity contribution in [2.24, 2.45) is 0 Å². The van der Waals surface area contributed by atoms with E-state index in [0.29, 0.717) is 6.61 Å². The van der Waals surface area contributed by atoms with Gasteiger partial charge in [0.1, 0.15) is 6.10 Å². The van der Waals surface area contributed by atoms with Crippen LogP contribution in [0.25, 0.3) is 0 Å². The van der Waals surface area contributed by atoms with Gasteiger partial charge in [-0.3, -0.25) is 9.69 Å². The molecule has 2 aliphatic rings.